The van der Waals surface area contributed by atoms with E-state index in [0.717, 1.165) is 45.7 Å². The van der Waals surface area contributed by atoms with Crippen molar-refractivity contribution in [3.63, 3.8) is 0 Å². The summed E-state index contributed by atoms with van der Waals surface area (Å²) in [6, 6.07) is 7.97. The summed E-state index contributed by atoms with van der Waals surface area (Å²) >= 11 is 1.47. The number of carbonyl (C=O) groups is 1. The van der Waals surface area contributed by atoms with Gasteiger partial charge in [0, 0.05) is 47.9 Å². The number of aromatic nitrogens is 4. The second-order valence-corrected chi connectivity index (χ2v) is 8.12. The summed E-state index contributed by atoms with van der Waals surface area (Å²) in [6.07, 6.45) is 2.98. The molecule has 1 amide bonds. The Kier molecular flexibility index (Phi) is 5.51. The summed E-state index contributed by atoms with van der Waals surface area (Å²) in [5.74, 6) is 1.52. The van der Waals surface area contributed by atoms with Gasteiger partial charge in [0.1, 0.15) is 11.3 Å². The molecule has 0 saturated carbocycles. The Morgan fingerprint density at radius 3 is 2.70 bits per heavy atom. The molecule has 1 aromatic carbocycles. The summed E-state index contributed by atoms with van der Waals surface area (Å²) in [4.78, 5) is 23.8. The van der Waals surface area contributed by atoms with E-state index in [-0.39, 0.29) is 12.3 Å². The molecule has 3 heterocycles. The number of hydrogen-bond acceptors (Lipinski definition) is 6. The number of benzene rings is 1. The van der Waals surface area contributed by atoms with Crippen LogP contribution in [0.5, 0.6) is 0 Å². The summed E-state index contributed by atoms with van der Waals surface area (Å²) in [6.45, 7) is 6.45. The number of thioether (sulfide) groups is 1. The number of furan rings is 1. The Hall–Kier alpha value is -2.87. The first-order valence-electron chi connectivity index (χ1n) is 9.93. The summed E-state index contributed by atoms with van der Waals surface area (Å²) in [5.41, 5.74) is 4.54. The zero-order chi connectivity index (χ0) is 21.4. The number of nitrogens with zero attached hydrogens (tertiary/aromatic N) is 5. The number of carbonyl (C=O) groups excluding carboxylic acids is 1. The molecule has 0 unspecified atom stereocenters. The predicted molar refractivity (Wildman–Crippen MR) is 118 cm³/mol. The molecule has 0 atom stereocenters. The third-order valence-corrected chi connectivity index (χ3v) is 6.00. The van der Waals surface area contributed by atoms with E-state index in [0.29, 0.717) is 17.5 Å². The highest BCUT2D eigenvalue weighted by molar-refractivity contribution is 7.98. The Morgan fingerprint density at radius 2 is 1.97 bits per heavy atom. The van der Waals surface area contributed by atoms with Crippen molar-refractivity contribution in [1.29, 1.82) is 0 Å². The molecule has 0 aliphatic heterocycles. The lowest BCUT2D eigenvalue weighted by molar-refractivity contribution is -0.129. The van der Waals surface area contributed by atoms with Gasteiger partial charge in [-0.3, -0.25) is 4.79 Å². The van der Waals surface area contributed by atoms with Gasteiger partial charge in [0.05, 0.1) is 6.42 Å². The Bertz CT molecular complexity index is 1240. The van der Waals surface area contributed by atoms with Gasteiger partial charge in [-0.15, -0.1) is 5.10 Å². The van der Waals surface area contributed by atoms with Crippen LogP contribution >= 0.6 is 11.8 Å². The third-order valence-electron chi connectivity index (χ3n) is 5.46. The highest BCUT2D eigenvalue weighted by Gasteiger charge is 2.20. The average molecular weight is 424 g/mol. The van der Waals surface area contributed by atoms with E-state index in [2.05, 4.69) is 22.0 Å². The minimum absolute atomic E-state index is 0.0277. The lowest BCUT2D eigenvalue weighted by atomic mass is 10.1. The highest BCUT2D eigenvalue weighted by atomic mass is 32.2. The first-order chi connectivity index (χ1) is 14.4. The van der Waals surface area contributed by atoms with Gasteiger partial charge in [-0.1, -0.05) is 36.9 Å². The fourth-order valence-corrected chi connectivity index (χ4v) is 4.09. The molecule has 3 aromatic heterocycles. The van der Waals surface area contributed by atoms with Crippen LogP contribution in [0, 0.1) is 13.8 Å². The number of para-hydroxylation sites is 1. The molecule has 7 nitrogen and oxygen atoms in total. The van der Waals surface area contributed by atoms with Crippen molar-refractivity contribution in [1.82, 2.24) is 24.5 Å². The molecule has 8 heteroatoms. The quantitative estimate of drug-likeness (QED) is 0.437. The number of hydrogen-bond donors (Lipinski definition) is 0. The van der Waals surface area contributed by atoms with Crippen molar-refractivity contribution in [2.75, 3.05) is 13.3 Å². The standard InChI is InChI=1S/C22H25N5O2S/c1-6-18-17(15-9-7-8-10-19(15)29-18)12-26(4)20(28)11-16-13(2)23-21-24-22(30-5)25-27(21)14(16)3/h7-10H,6,11-12H2,1-5H3. The van der Waals surface area contributed by atoms with Crippen LogP contribution in [0.2, 0.25) is 0 Å². The highest BCUT2D eigenvalue weighted by Crippen LogP contribution is 2.27. The SMILES string of the molecule is CCc1oc2ccccc2c1CN(C)C(=O)Cc1c(C)nc2nc(SC)nn2c1C. The van der Waals surface area contributed by atoms with Crippen LogP contribution in [-0.2, 0) is 24.2 Å². The Labute approximate surface area is 179 Å². The van der Waals surface area contributed by atoms with Gasteiger partial charge < -0.3 is 9.32 Å². The van der Waals surface area contributed by atoms with Gasteiger partial charge in [-0.05, 0) is 26.2 Å². The minimum atomic E-state index is 0.0277. The second kappa shape index (κ2) is 8.10. The first kappa shape index (κ1) is 20.4. The number of rotatable bonds is 6. The number of fused-ring (bicyclic) bond motifs is 2. The fourth-order valence-electron chi connectivity index (χ4n) is 3.75. The lowest BCUT2D eigenvalue weighted by Gasteiger charge is -2.19. The Balaban J connectivity index is 1.60. The van der Waals surface area contributed by atoms with Crippen molar-refractivity contribution >= 4 is 34.4 Å². The maximum atomic E-state index is 13.1. The van der Waals surface area contributed by atoms with Crippen LogP contribution in [-0.4, -0.2) is 43.7 Å². The molecule has 156 valence electrons. The monoisotopic (exact) mass is 423 g/mol. The second-order valence-electron chi connectivity index (χ2n) is 7.35. The molecule has 4 aromatic rings. The van der Waals surface area contributed by atoms with Gasteiger partial charge in [0.25, 0.3) is 5.78 Å². The number of likely N-dealkylation sites (N-methyl/N-ethyl adjacent to an activating group) is 1. The largest absolute Gasteiger partial charge is 0.461 e. The normalized spacial score (nSPS) is 11.5. The van der Waals surface area contributed by atoms with E-state index >= 15 is 0 Å². The molecule has 0 bridgehead atoms. The van der Waals surface area contributed by atoms with Gasteiger partial charge in [0.15, 0.2) is 0 Å². The smallest absolute Gasteiger partial charge is 0.253 e. The van der Waals surface area contributed by atoms with Gasteiger partial charge >= 0.3 is 0 Å². The molecule has 30 heavy (non-hydrogen) atoms. The Morgan fingerprint density at radius 1 is 1.20 bits per heavy atom. The molecule has 0 fully saturated rings. The lowest BCUT2D eigenvalue weighted by Crippen LogP contribution is -2.29. The summed E-state index contributed by atoms with van der Waals surface area (Å²) in [5, 5.41) is 6.21. The molecule has 0 saturated heterocycles. The van der Waals surface area contributed by atoms with Gasteiger partial charge in [0.2, 0.25) is 11.1 Å². The van der Waals surface area contributed by atoms with E-state index in [4.69, 9.17) is 4.42 Å². The minimum Gasteiger partial charge on any atom is -0.461 e. The van der Waals surface area contributed by atoms with Crippen LogP contribution < -0.4 is 0 Å². The molecule has 0 radical (unpaired) electrons. The molecule has 0 aliphatic rings. The zero-order valence-corrected chi connectivity index (χ0v) is 18.7. The van der Waals surface area contributed by atoms with Crippen LogP contribution in [0.1, 0.15) is 35.2 Å². The van der Waals surface area contributed by atoms with Crippen molar-refractivity contribution in [3.05, 3.63) is 52.5 Å². The first-order valence-corrected chi connectivity index (χ1v) is 11.2. The van der Waals surface area contributed by atoms with Gasteiger partial charge in [-0.2, -0.15) is 4.98 Å². The summed E-state index contributed by atoms with van der Waals surface area (Å²) < 4.78 is 7.70. The van der Waals surface area contributed by atoms with Crippen LogP contribution in [0.3, 0.4) is 0 Å². The summed E-state index contributed by atoms with van der Waals surface area (Å²) in [7, 11) is 1.83. The van der Waals surface area contributed by atoms with E-state index in [1.54, 1.807) is 9.42 Å². The van der Waals surface area contributed by atoms with Crippen molar-refractivity contribution in [2.24, 2.45) is 0 Å². The maximum Gasteiger partial charge on any atom is 0.253 e. The predicted octanol–water partition coefficient (Wildman–Crippen LogP) is 3.97. The van der Waals surface area contributed by atoms with E-state index < -0.39 is 0 Å². The van der Waals surface area contributed by atoms with Crippen molar-refractivity contribution in [2.45, 2.75) is 45.3 Å². The van der Waals surface area contributed by atoms with Crippen molar-refractivity contribution in [3.8, 4) is 0 Å². The van der Waals surface area contributed by atoms with Crippen LogP contribution in [0.4, 0.5) is 0 Å². The third kappa shape index (κ3) is 3.56. The molecule has 0 N–H and O–H groups in total. The van der Waals surface area contributed by atoms with E-state index in [1.165, 1.54) is 11.8 Å². The number of aryl methyl sites for hydroxylation is 3. The molecule has 0 aliphatic carbocycles. The molecular formula is C22H25N5O2S. The topological polar surface area (TPSA) is 76.5 Å². The van der Waals surface area contributed by atoms with Crippen molar-refractivity contribution < 1.29 is 9.21 Å². The zero-order valence-electron chi connectivity index (χ0n) is 17.9. The van der Waals surface area contributed by atoms with Gasteiger partial charge in [-0.25, -0.2) is 9.50 Å². The van der Waals surface area contributed by atoms with E-state index in [9.17, 15) is 4.79 Å². The molecule has 0 spiro atoms. The fraction of sp³-hybridized carbons (Fsp3) is 0.364. The average Bonchev–Trinajstić information content (AvgIpc) is 3.32. The molecule has 4 rings (SSSR count). The van der Waals surface area contributed by atoms with Crippen LogP contribution in [0.15, 0.2) is 33.8 Å². The van der Waals surface area contributed by atoms with Crippen LogP contribution in [0.25, 0.3) is 16.7 Å². The maximum absolute atomic E-state index is 13.1. The van der Waals surface area contributed by atoms with E-state index in [1.807, 2.05) is 51.4 Å². The molecular weight excluding hydrogens is 398 g/mol. The number of amides is 1.